The molecule has 0 aliphatic carbocycles. The van der Waals surface area contributed by atoms with Crippen LogP contribution < -0.4 is 0 Å². The predicted molar refractivity (Wildman–Crippen MR) is 102 cm³/mol. The summed E-state index contributed by atoms with van der Waals surface area (Å²) in [5.41, 5.74) is 0.325. The summed E-state index contributed by atoms with van der Waals surface area (Å²) in [5, 5.41) is 0.385. The number of rotatable bonds is 4. The molecule has 0 radical (unpaired) electrons. The molecule has 2 aliphatic rings. The number of nitrogens with zero attached hydrogens (tertiary/aromatic N) is 2. The second-order valence-electron chi connectivity index (χ2n) is 6.87. The van der Waals surface area contributed by atoms with Crippen LogP contribution in [0.5, 0.6) is 0 Å². The van der Waals surface area contributed by atoms with Crippen molar-refractivity contribution in [1.82, 2.24) is 9.96 Å². The Kier molecular flexibility index (Phi) is 4.04. The van der Waals surface area contributed by atoms with E-state index in [1.54, 1.807) is 24.3 Å². The van der Waals surface area contributed by atoms with Crippen LogP contribution in [0.4, 0.5) is 0 Å². The number of carbonyl (C=O) groups is 5. The van der Waals surface area contributed by atoms with E-state index in [0.29, 0.717) is 10.8 Å². The largest absolute Gasteiger partial charge is 0.467 e. The van der Waals surface area contributed by atoms with Crippen molar-refractivity contribution in [2.75, 3.05) is 0 Å². The molecule has 1 aromatic heterocycles. The third-order valence-electron chi connectivity index (χ3n) is 5.03. The van der Waals surface area contributed by atoms with Crippen LogP contribution in [0, 0.1) is 0 Å². The van der Waals surface area contributed by atoms with Crippen molar-refractivity contribution in [2.45, 2.75) is 6.54 Å². The molecule has 0 saturated heterocycles. The first kappa shape index (κ1) is 18.5. The second-order valence-corrected chi connectivity index (χ2v) is 6.87. The van der Waals surface area contributed by atoms with Gasteiger partial charge in [0.05, 0.1) is 40.6 Å². The summed E-state index contributed by atoms with van der Waals surface area (Å²) in [6, 6.07) is 13.2. The summed E-state index contributed by atoms with van der Waals surface area (Å²) in [6.45, 7) is -0.0475. The molecule has 2 aliphatic heterocycles. The van der Waals surface area contributed by atoms with Gasteiger partial charge in [-0.3, -0.25) is 24.1 Å². The van der Waals surface area contributed by atoms with Gasteiger partial charge in [0.25, 0.3) is 23.6 Å². The third kappa shape index (κ3) is 2.83. The molecule has 0 atom stereocenters. The van der Waals surface area contributed by atoms with Crippen LogP contribution in [0.1, 0.15) is 57.6 Å². The molecule has 31 heavy (non-hydrogen) atoms. The molecule has 0 spiro atoms. The first-order chi connectivity index (χ1) is 15.0. The zero-order valence-corrected chi connectivity index (χ0v) is 15.7. The lowest BCUT2D eigenvalue weighted by atomic mass is 10.1. The molecule has 9 heteroatoms. The number of hydroxylamine groups is 2. The number of amides is 4. The molecule has 152 valence electrons. The van der Waals surface area contributed by atoms with Crippen molar-refractivity contribution in [3.8, 4) is 0 Å². The van der Waals surface area contributed by atoms with Gasteiger partial charge >= 0.3 is 5.97 Å². The van der Waals surface area contributed by atoms with Crippen LogP contribution in [0.15, 0.2) is 65.3 Å². The normalized spacial score (nSPS) is 14.8. The topological polar surface area (TPSA) is 114 Å². The monoisotopic (exact) mass is 416 g/mol. The fourth-order valence-corrected chi connectivity index (χ4v) is 3.51. The second kappa shape index (κ2) is 6.77. The molecular formula is C22H12N2O7. The van der Waals surface area contributed by atoms with Crippen LogP contribution in [0.2, 0.25) is 0 Å². The Morgan fingerprint density at radius 1 is 0.774 bits per heavy atom. The highest BCUT2D eigenvalue weighted by atomic mass is 16.7. The van der Waals surface area contributed by atoms with Gasteiger partial charge in [-0.05, 0) is 42.5 Å². The zero-order valence-electron chi connectivity index (χ0n) is 15.7. The maximum absolute atomic E-state index is 12.7. The maximum Gasteiger partial charge on any atom is 0.363 e. The SMILES string of the molecule is O=C(ON1C(=O)c2ccccc2C1=O)c1ccc2c(c1)C(=O)N(Cc1ccco1)C2=O. The number of furan rings is 1. The smallest absolute Gasteiger partial charge is 0.363 e. The van der Waals surface area contributed by atoms with Gasteiger partial charge in [-0.15, -0.1) is 0 Å². The Morgan fingerprint density at radius 2 is 1.42 bits per heavy atom. The molecule has 0 fully saturated rings. The van der Waals surface area contributed by atoms with Crippen LogP contribution >= 0.6 is 0 Å². The van der Waals surface area contributed by atoms with Crippen molar-refractivity contribution in [3.05, 3.63) is 94.4 Å². The first-order valence-electron chi connectivity index (χ1n) is 9.18. The van der Waals surface area contributed by atoms with Crippen molar-refractivity contribution in [2.24, 2.45) is 0 Å². The average molecular weight is 416 g/mol. The van der Waals surface area contributed by atoms with E-state index in [2.05, 4.69) is 0 Å². The molecule has 0 bridgehead atoms. The lowest BCUT2D eigenvalue weighted by molar-refractivity contribution is -0.0584. The fraction of sp³-hybridized carbons (Fsp3) is 0.0455. The van der Waals surface area contributed by atoms with Gasteiger partial charge in [0, 0.05) is 0 Å². The van der Waals surface area contributed by atoms with Crippen LogP contribution in [0.25, 0.3) is 0 Å². The van der Waals surface area contributed by atoms with E-state index in [0.717, 1.165) is 4.90 Å². The van der Waals surface area contributed by atoms with Gasteiger partial charge in [0.15, 0.2) is 0 Å². The molecule has 2 aromatic carbocycles. The van der Waals surface area contributed by atoms with Gasteiger partial charge in [0.1, 0.15) is 5.76 Å². The molecular weight excluding hydrogens is 404 g/mol. The van der Waals surface area contributed by atoms with Crippen molar-refractivity contribution in [3.63, 3.8) is 0 Å². The van der Waals surface area contributed by atoms with Crippen molar-refractivity contribution in [1.29, 1.82) is 0 Å². The number of hydrogen-bond acceptors (Lipinski definition) is 7. The van der Waals surface area contributed by atoms with E-state index >= 15 is 0 Å². The lowest BCUT2D eigenvalue weighted by Gasteiger charge is -2.12. The molecule has 3 heterocycles. The Balaban J connectivity index is 1.38. The van der Waals surface area contributed by atoms with E-state index in [4.69, 9.17) is 9.25 Å². The fourth-order valence-electron chi connectivity index (χ4n) is 3.51. The Labute approximate surface area is 174 Å². The highest BCUT2D eigenvalue weighted by molar-refractivity contribution is 6.22. The Bertz CT molecular complexity index is 1260. The molecule has 4 amide bonds. The molecule has 0 N–H and O–H groups in total. The summed E-state index contributed by atoms with van der Waals surface area (Å²) in [6.07, 6.45) is 1.43. The molecule has 5 rings (SSSR count). The van der Waals surface area contributed by atoms with E-state index in [-0.39, 0.29) is 34.4 Å². The summed E-state index contributed by atoms with van der Waals surface area (Å²) in [5.74, 6) is -3.21. The maximum atomic E-state index is 12.7. The van der Waals surface area contributed by atoms with Crippen LogP contribution in [-0.4, -0.2) is 39.6 Å². The number of imide groups is 2. The number of hydrogen-bond donors (Lipinski definition) is 0. The molecule has 0 saturated carbocycles. The van der Waals surface area contributed by atoms with Gasteiger partial charge < -0.3 is 9.25 Å². The minimum Gasteiger partial charge on any atom is -0.467 e. The summed E-state index contributed by atoms with van der Waals surface area (Å²) in [4.78, 5) is 68.6. The van der Waals surface area contributed by atoms with Crippen LogP contribution in [-0.2, 0) is 11.4 Å². The average Bonchev–Trinajstić information content (AvgIpc) is 3.45. The summed E-state index contributed by atoms with van der Waals surface area (Å²) >= 11 is 0. The van der Waals surface area contributed by atoms with Crippen LogP contribution in [0.3, 0.4) is 0 Å². The van der Waals surface area contributed by atoms with Gasteiger partial charge in [-0.25, -0.2) is 4.79 Å². The third-order valence-corrected chi connectivity index (χ3v) is 5.03. The molecule has 0 unspecified atom stereocenters. The van der Waals surface area contributed by atoms with E-state index in [9.17, 15) is 24.0 Å². The minimum absolute atomic E-state index is 0.0216. The van der Waals surface area contributed by atoms with E-state index in [1.807, 2.05) is 0 Å². The number of carbonyl (C=O) groups excluding carboxylic acids is 5. The molecule has 9 nitrogen and oxygen atoms in total. The lowest BCUT2D eigenvalue weighted by Crippen LogP contribution is -2.32. The Morgan fingerprint density at radius 3 is 2.06 bits per heavy atom. The van der Waals surface area contributed by atoms with Gasteiger partial charge in [-0.2, -0.15) is 0 Å². The number of fused-ring (bicyclic) bond motifs is 2. The summed E-state index contributed by atoms with van der Waals surface area (Å²) < 4.78 is 5.18. The van der Waals surface area contributed by atoms with E-state index < -0.39 is 29.6 Å². The molecule has 3 aromatic rings. The summed E-state index contributed by atoms with van der Waals surface area (Å²) in [7, 11) is 0. The van der Waals surface area contributed by atoms with Crippen molar-refractivity contribution < 1.29 is 33.2 Å². The highest BCUT2D eigenvalue weighted by Crippen LogP contribution is 2.27. The Hall–Kier alpha value is -4.53. The highest BCUT2D eigenvalue weighted by Gasteiger charge is 2.40. The van der Waals surface area contributed by atoms with Gasteiger partial charge in [0.2, 0.25) is 0 Å². The van der Waals surface area contributed by atoms with Gasteiger partial charge in [-0.1, -0.05) is 17.2 Å². The van der Waals surface area contributed by atoms with Crippen molar-refractivity contribution >= 4 is 29.6 Å². The first-order valence-corrected chi connectivity index (χ1v) is 9.18. The number of benzene rings is 2. The quantitative estimate of drug-likeness (QED) is 0.600. The standard InChI is InChI=1S/C22H12N2O7/c25-18-16-8-7-12(10-17(16)19(26)23(18)11-13-4-3-9-30-13)22(29)31-24-20(27)14-5-1-2-6-15(14)21(24)28/h1-10H,11H2. The van der Waals surface area contributed by atoms with E-state index in [1.165, 1.54) is 36.6 Å². The minimum atomic E-state index is -1.01. The zero-order chi connectivity index (χ0) is 21.7. The predicted octanol–water partition coefficient (Wildman–Crippen LogP) is 2.44.